The lowest BCUT2D eigenvalue weighted by Gasteiger charge is -2.29. The molecule has 0 saturated carbocycles. The fraction of sp³-hybridized carbons (Fsp3) is 0. The van der Waals surface area contributed by atoms with E-state index in [9.17, 15) is 0 Å². The molecule has 2 heterocycles. The van der Waals surface area contributed by atoms with Gasteiger partial charge >= 0.3 is 0 Å². The second-order valence-electron chi connectivity index (χ2n) is 14.1. The summed E-state index contributed by atoms with van der Waals surface area (Å²) in [4.78, 5) is 2.42. The summed E-state index contributed by atoms with van der Waals surface area (Å²) >= 11 is 1.85. The molecule has 2 nitrogen and oxygen atoms in total. The van der Waals surface area contributed by atoms with Crippen LogP contribution in [0.4, 0.5) is 17.1 Å². The molecule has 3 heteroatoms. The Labute approximate surface area is 322 Å². The van der Waals surface area contributed by atoms with E-state index in [1.54, 1.807) is 0 Å². The Hall–Kier alpha value is -6.94. The van der Waals surface area contributed by atoms with Gasteiger partial charge in [0.15, 0.2) is 0 Å². The van der Waals surface area contributed by atoms with E-state index in [1.807, 2.05) is 23.5 Å². The van der Waals surface area contributed by atoms with Crippen LogP contribution in [0.2, 0.25) is 0 Å². The van der Waals surface area contributed by atoms with Crippen LogP contribution in [0.15, 0.2) is 205 Å². The minimum absolute atomic E-state index is 0.900. The van der Waals surface area contributed by atoms with Crippen LogP contribution >= 0.6 is 11.3 Å². The summed E-state index contributed by atoms with van der Waals surface area (Å²) in [6.07, 6.45) is 0. The lowest BCUT2D eigenvalue weighted by atomic mass is 9.95. The number of thiophene rings is 1. The molecule has 0 unspecified atom stereocenters. The summed E-state index contributed by atoms with van der Waals surface area (Å²) in [5.74, 6) is 0. The molecule has 0 spiro atoms. The average Bonchev–Trinajstić information content (AvgIpc) is 3.82. The van der Waals surface area contributed by atoms with E-state index in [-0.39, 0.29) is 0 Å². The largest absolute Gasteiger partial charge is 0.455 e. The number of nitrogens with zero attached hydrogens (tertiary/aromatic N) is 1. The molecule has 9 aromatic carbocycles. The quantitative estimate of drug-likeness (QED) is 0.170. The molecule has 258 valence electrons. The highest BCUT2D eigenvalue weighted by Crippen LogP contribution is 2.45. The minimum atomic E-state index is 0.900. The van der Waals surface area contributed by atoms with Gasteiger partial charge in [-0.25, -0.2) is 0 Å². The van der Waals surface area contributed by atoms with Crippen LogP contribution in [-0.2, 0) is 0 Å². The van der Waals surface area contributed by atoms with Crippen molar-refractivity contribution >= 4 is 81.3 Å². The van der Waals surface area contributed by atoms with Crippen LogP contribution in [0.5, 0.6) is 0 Å². The van der Waals surface area contributed by atoms with E-state index in [1.165, 1.54) is 53.2 Å². The third-order valence-corrected chi connectivity index (χ3v) is 12.0. The number of fused-ring (bicyclic) bond motifs is 7. The summed E-state index contributed by atoms with van der Waals surface area (Å²) in [5.41, 5.74) is 12.0. The Morgan fingerprint density at radius 1 is 0.364 bits per heavy atom. The van der Waals surface area contributed by atoms with E-state index >= 15 is 0 Å². The van der Waals surface area contributed by atoms with E-state index in [2.05, 4.69) is 193 Å². The molecule has 0 aliphatic heterocycles. The van der Waals surface area contributed by atoms with Gasteiger partial charge in [0.2, 0.25) is 0 Å². The third kappa shape index (κ3) is 5.32. The van der Waals surface area contributed by atoms with Crippen LogP contribution in [0.1, 0.15) is 0 Å². The highest BCUT2D eigenvalue weighted by atomic mass is 32.1. The van der Waals surface area contributed by atoms with Crippen molar-refractivity contribution < 1.29 is 4.42 Å². The molecule has 55 heavy (non-hydrogen) atoms. The number of anilines is 3. The summed E-state index contributed by atoms with van der Waals surface area (Å²) in [6.45, 7) is 0. The van der Waals surface area contributed by atoms with Crippen LogP contribution in [0, 0.1) is 0 Å². The van der Waals surface area contributed by atoms with E-state index in [4.69, 9.17) is 4.42 Å². The summed E-state index contributed by atoms with van der Waals surface area (Å²) in [6, 6.07) is 72.3. The Morgan fingerprint density at radius 3 is 1.87 bits per heavy atom. The Kier molecular flexibility index (Phi) is 7.39. The Balaban J connectivity index is 1.12. The molecule has 11 aromatic rings. The highest BCUT2D eigenvalue weighted by Gasteiger charge is 2.20. The zero-order valence-electron chi connectivity index (χ0n) is 29.8. The molecule has 0 aliphatic carbocycles. The maximum Gasteiger partial charge on any atom is 0.143 e. The van der Waals surface area contributed by atoms with Crippen molar-refractivity contribution in [2.45, 2.75) is 0 Å². The summed E-state index contributed by atoms with van der Waals surface area (Å²) in [7, 11) is 0. The Morgan fingerprint density at radius 2 is 0.964 bits per heavy atom. The van der Waals surface area contributed by atoms with Gasteiger partial charge in [-0.2, -0.15) is 0 Å². The monoisotopic (exact) mass is 719 g/mol. The van der Waals surface area contributed by atoms with Gasteiger partial charge in [-0.1, -0.05) is 146 Å². The van der Waals surface area contributed by atoms with Gasteiger partial charge in [-0.15, -0.1) is 11.3 Å². The lowest BCUT2D eigenvalue weighted by Crippen LogP contribution is -2.11. The van der Waals surface area contributed by atoms with Crippen molar-refractivity contribution in [2.24, 2.45) is 0 Å². The van der Waals surface area contributed by atoms with Crippen LogP contribution in [0.25, 0.3) is 86.3 Å². The molecule has 2 aromatic heterocycles. The van der Waals surface area contributed by atoms with Crippen molar-refractivity contribution in [1.29, 1.82) is 0 Å². The summed E-state index contributed by atoms with van der Waals surface area (Å²) < 4.78 is 9.15. The number of rotatable bonds is 6. The maximum atomic E-state index is 6.53. The molecule has 0 amide bonds. The number of hydrogen-bond acceptors (Lipinski definition) is 3. The third-order valence-electron chi connectivity index (χ3n) is 10.9. The first-order valence-corrected chi connectivity index (χ1v) is 19.5. The zero-order chi connectivity index (χ0) is 36.3. The number of furan rings is 1. The van der Waals surface area contributed by atoms with Gasteiger partial charge in [0.25, 0.3) is 0 Å². The zero-order valence-corrected chi connectivity index (χ0v) is 30.6. The second kappa shape index (κ2) is 12.9. The first-order valence-electron chi connectivity index (χ1n) is 18.7. The van der Waals surface area contributed by atoms with Crippen molar-refractivity contribution in [3.8, 4) is 33.4 Å². The molecule has 0 radical (unpaired) electrons. The number of benzene rings is 9. The molecule has 0 atom stereocenters. The van der Waals surface area contributed by atoms with Gasteiger partial charge in [0.1, 0.15) is 11.2 Å². The van der Waals surface area contributed by atoms with Crippen molar-refractivity contribution in [3.63, 3.8) is 0 Å². The molecule has 0 fully saturated rings. The molecule has 0 N–H and O–H groups in total. The van der Waals surface area contributed by atoms with Gasteiger partial charge in [0, 0.05) is 53.4 Å². The van der Waals surface area contributed by atoms with Gasteiger partial charge in [-0.05, 0) is 87.6 Å². The molecular formula is C52H33NOS. The molecule has 11 rings (SSSR count). The van der Waals surface area contributed by atoms with Crippen LogP contribution in [-0.4, -0.2) is 0 Å². The maximum absolute atomic E-state index is 6.53. The van der Waals surface area contributed by atoms with Crippen LogP contribution < -0.4 is 4.90 Å². The van der Waals surface area contributed by atoms with Crippen molar-refractivity contribution in [2.75, 3.05) is 4.90 Å². The number of para-hydroxylation sites is 3. The first-order chi connectivity index (χ1) is 27.3. The van der Waals surface area contributed by atoms with Crippen molar-refractivity contribution in [3.05, 3.63) is 200 Å². The molecule has 0 bridgehead atoms. The van der Waals surface area contributed by atoms with Gasteiger partial charge < -0.3 is 9.32 Å². The second-order valence-corrected chi connectivity index (χ2v) is 15.2. The predicted molar refractivity (Wildman–Crippen MR) is 235 cm³/mol. The van der Waals surface area contributed by atoms with Gasteiger partial charge in [-0.3, -0.25) is 0 Å². The Bertz CT molecular complexity index is 3240. The minimum Gasteiger partial charge on any atom is -0.455 e. The fourth-order valence-corrected chi connectivity index (χ4v) is 9.39. The smallest absolute Gasteiger partial charge is 0.143 e. The van der Waals surface area contributed by atoms with Crippen LogP contribution in [0.3, 0.4) is 0 Å². The standard InChI is InChI=1S/C52H33NOS/c1-2-19-40-34(13-1)14-11-24-42(40)43-20-3-6-26-48(43)53(38-17-9-15-35(31-38)36-29-30-51-47(33-36)45-22-5-8-28-50(45)55-51)39-18-10-16-37(32-39)41-23-12-25-46-44-21-4-7-27-49(44)54-52(41)46/h1-33H. The molecule has 0 aliphatic rings. The normalized spacial score (nSPS) is 11.6. The molecular weight excluding hydrogens is 687 g/mol. The fourth-order valence-electron chi connectivity index (χ4n) is 8.30. The topological polar surface area (TPSA) is 16.4 Å². The van der Waals surface area contributed by atoms with Gasteiger partial charge in [0.05, 0.1) is 5.69 Å². The highest BCUT2D eigenvalue weighted by molar-refractivity contribution is 7.25. The van der Waals surface area contributed by atoms with Crippen molar-refractivity contribution in [1.82, 2.24) is 0 Å². The van der Waals surface area contributed by atoms with E-state index < -0.39 is 0 Å². The average molecular weight is 720 g/mol. The first kappa shape index (κ1) is 31.6. The van der Waals surface area contributed by atoms with E-state index in [0.29, 0.717) is 0 Å². The lowest BCUT2D eigenvalue weighted by molar-refractivity contribution is 0.670. The summed E-state index contributed by atoms with van der Waals surface area (Å²) in [5, 5.41) is 7.32. The SMILES string of the molecule is c1cc(-c2ccc3sc4ccccc4c3c2)cc(N(c2cccc(-c3cccc4c3oc3ccccc34)c2)c2ccccc2-c2cccc3ccccc23)c1. The number of hydrogen-bond donors (Lipinski definition) is 0. The predicted octanol–water partition coefficient (Wildman–Crippen LogP) is 15.6. The van der Waals surface area contributed by atoms with E-state index in [0.717, 1.165) is 50.1 Å². The molecule has 0 saturated heterocycles.